The first-order chi connectivity index (χ1) is 8.93. The van der Waals surface area contributed by atoms with E-state index in [0.29, 0.717) is 18.9 Å². The van der Waals surface area contributed by atoms with Gasteiger partial charge in [0, 0.05) is 6.42 Å². The molecule has 3 N–H and O–H groups in total. The van der Waals surface area contributed by atoms with Crippen LogP contribution >= 0.6 is 0 Å². The fourth-order valence-corrected chi connectivity index (χ4v) is 1.95. The van der Waals surface area contributed by atoms with E-state index in [0.717, 1.165) is 5.56 Å². The summed E-state index contributed by atoms with van der Waals surface area (Å²) in [4.78, 5) is 11.8. The predicted molar refractivity (Wildman–Crippen MR) is 79.9 cm³/mol. The molecule has 19 heavy (non-hydrogen) atoms. The molecule has 2 unspecified atom stereocenters. The Bertz CT molecular complexity index is 398. The molecular formula is C16H26N2O. The zero-order valence-electron chi connectivity index (χ0n) is 12.4. The van der Waals surface area contributed by atoms with E-state index in [9.17, 15) is 4.79 Å². The van der Waals surface area contributed by atoms with Crippen LogP contribution in [0.4, 0.5) is 0 Å². The number of rotatable bonds is 6. The van der Waals surface area contributed by atoms with Crippen LogP contribution in [0.3, 0.4) is 0 Å². The summed E-state index contributed by atoms with van der Waals surface area (Å²) in [6.07, 6.45) is 0.491. The van der Waals surface area contributed by atoms with Crippen molar-refractivity contribution in [2.24, 2.45) is 11.7 Å². The second-order valence-corrected chi connectivity index (χ2v) is 5.66. The van der Waals surface area contributed by atoms with E-state index < -0.39 is 0 Å². The van der Waals surface area contributed by atoms with Gasteiger partial charge in [-0.1, -0.05) is 45.0 Å². The molecule has 0 fully saturated rings. The molecule has 0 radical (unpaired) electrons. The Morgan fingerprint density at radius 1 is 1.11 bits per heavy atom. The van der Waals surface area contributed by atoms with Crippen LogP contribution in [0.15, 0.2) is 24.3 Å². The van der Waals surface area contributed by atoms with E-state index in [1.54, 1.807) is 0 Å². The highest BCUT2D eigenvalue weighted by Crippen LogP contribution is 2.18. The van der Waals surface area contributed by atoms with Crippen LogP contribution < -0.4 is 11.1 Å². The molecule has 1 rings (SSSR count). The van der Waals surface area contributed by atoms with Crippen molar-refractivity contribution >= 4 is 5.91 Å². The number of hydrogen-bond donors (Lipinski definition) is 2. The van der Waals surface area contributed by atoms with Crippen molar-refractivity contribution < 1.29 is 4.79 Å². The summed E-state index contributed by atoms with van der Waals surface area (Å²) in [5.41, 5.74) is 7.98. The minimum absolute atomic E-state index is 0.0405. The number of carbonyl (C=O) groups is 1. The van der Waals surface area contributed by atoms with Crippen LogP contribution in [0, 0.1) is 5.92 Å². The summed E-state index contributed by atoms with van der Waals surface area (Å²) in [5, 5.41) is 3.02. The quantitative estimate of drug-likeness (QED) is 0.828. The molecule has 0 aromatic heterocycles. The zero-order valence-corrected chi connectivity index (χ0v) is 12.4. The monoisotopic (exact) mass is 262 g/mol. The third kappa shape index (κ3) is 5.03. The molecule has 1 aromatic rings. The maximum absolute atomic E-state index is 11.8. The average molecular weight is 262 g/mol. The number of carbonyl (C=O) groups excluding carboxylic acids is 1. The maximum Gasteiger partial charge on any atom is 0.220 e. The number of hydrogen-bond acceptors (Lipinski definition) is 2. The van der Waals surface area contributed by atoms with E-state index in [2.05, 4.69) is 43.4 Å². The second kappa shape index (κ2) is 7.29. The van der Waals surface area contributed by atoms with Gasteiger partial charge in [-0.2, -0.15) is 0 Å². The molecule has 3 heteroatoms. The SMILES string of the molecule is CC(CN)CC(=O)NC(C)c1ccc(C(C)C)cc1. The van der Waals surface area contributed by atoms with Crippen LogP contribution in [-0.2, 0) is 4.79 Å². The van der Waals surface area contributed by atoms with Crippen molar-refractivity contribution in [1.82, 2.24) is 5.32 Å². The van der Waals surface area contributed by atoms with Crippen LogP contribution in [0.2, 0.25) is 0 Å². The lowest BCUT2D eigenvalue weighted by atomic mass is 9.99. The van der Waals surface area contributed by atoms with Crippen molar-refractivity contribution in [3.63, 3.8) is 0 Å². The minimum atomic E-state index is 0.0405. The highest BCUT2D eigenvalue weighted by Gasteiger charge is 2.12. The summed E-state index contributed by atoms with van der Waals surface area (Å²) < 4.78 is 0. The summed E-state index contributed by atoms with van der Waals surface area (Å²) in [6, 6.07) is 8.48. The van der Waals surface area contributed by atoms with Gasteiger partial charge in [0.05, 0.1) is 6.04 Å². The van der Waals surface area contributed by atoms with Crippen LogP contribution in [0.5, 0.6) is 0 Å². The molecule has 1 amide bonds. The molecular weight excluding hydrogens is 236 g/mol. The Morgan fingerprint density at radius 3 is 2.11 bits per heavy atom. The predicted octanol–water partition coefficient (Wildman–Crippen LogP) is 2.97. The highest BCUT2D eigenvalue weighted by atomic mass is 16.1. The molecule has 0 saturated heterocycles. The first-order valence-corrected chi connectivity index (χ1v) is 7.03. The van der Waals surface area contributed by atoms with Gasteiger partial charge in [-0.15, -0.1) is 0 Å². The molecule has 0 saturated carbocycles. The van der Waals surface area contributed by atoms with E-state index in [4.69, 9.17) is 5.73 Å². The molecule has 0 aliphatic carbocycles. The van der Waals surface area contributed by atoms with Gasteiger partial charge in [0.1, 0.15) is 0 Å². The first-order valence-electron chi connectivity index (χ1n) is 7.03. The van der Waals surface area contributed by atoms with Gasteiger partial charge < -0.3 is 11.1 Å². The number of amides is 1. The lowest BCUT2D eigenvalue weighted by molar-refractivity contribution is -0.122. The van der Waals surface area contributed by atoms with E-state index in [1.165, 1.54) is 5.56 Å². The fraction of sp³-hybridized carbons (Fsp3) is 0.562. The van der Waals surface area contributed by atoms with Gasteiger partial charge in [-0.05, 0) is 36.4 Å². The molecule has 3 nitrogen and oxygen atoms in total. The average Bonchev–Trinajstić information content (AvgIpc) is 2.38. The molecule has 0 bridgehead atoms. The number of nitrogens with one attached hydrogen (secondary N) is 1. The maximum atomic E-state index is 11.8. The van der Waals surface area contributed by atoms with E-state index in [1.807, 2.05) is 13.8 Å². The molecule has 2 atom stereocenters. The molecule has 0 aliphatic rings. The lowest BCUT2D eigenvalue weighted by Gasteiger charge is -2.17. The van der Waals surface area contributed by atoms with Crippen LogP contribution in [0.25, 0.3) is 0 Å². The molecule has 0 spiro atoms. The van der Waals surface area contributed by atoms with E-state index >= 15 is 0 Å². The Morgan fingerprint density at radius 2 is 1.63 bits per heavy atom. The van der Waals surface area contributed by atoms with Gasteiger partial charge in [0.2, 0.25) is 5.91 Å². The highest BCUT2D eigenvalue weighted by molar-refractivity contribution is 5.76. The van der Waals surface area contributed by atoms with Gasteiger partial charge in [0.15, 0.2) is 0 Å². The Balaban J connectivity index is 2.57. The first kappa shape index (κ1) is 15.7. The van der Waals surface area contributed by atoms with Crippen LogP contribution in [-0.4, -0.2) is 12.5 Å². The van der Waals surface area contributed by atoms with Crippen molar-refractivity contribution in [2.75, 3.05) is 6.54 Å². The normalized spacial score (nSPS) is 14.2. The number of nitrogens with two attached hydrogens (primary N) is 1. The third-order valence-corrected chi connectivity index (χ3v) is 3.42. The van der Waals surface area contributed by atoms with Gasteiger partial charge in [0.25, 0.3) is 0 Å². The Hall–Kier alpha value is -1.35. The smallest absolute Gasteiger partial charge is 0.220 e. The summed E-state index contributed by atoms with van der Waals surface area (Å²) in [5.74, 6) is 0.832. The summed E-state index contributed by atoms with van der Waals surface area (Å²) in [6.45, 7) is 8.89. The van der Waals surface area contributed by atoms with Crippen molar-refractivity contribution in [2.45, 2.75) is 46.1 Å². The molecule has 106 valence electrons. The van der Waals surface area contributed by atoms with Crippen molar-refractivity contribution in [3.8, 4) is 0 Å². The zero-order chi connectivity index (χ0) is 14.4. The molecule has 0 heterocycles. The third-order valence-electron chi connectivity index (χ3n) is 3.42. The standard InChI is InChI=1S/C16H26N2O/c1-11(2)14-5-7-15(8-6-14)13(4)18-16(19)9-12(3)10-17/h5-8,11-13H,9-10,17H2,1-4H3,(H,18,19). The van der Waals surface area contributed by atoms with Crippen molar-refractivity contribution in [3.05, 3.63) is 35.4 Å². The fourth-order valence-electron chi connectivity index (χ4n) is 1.95. The largest absolute Gasteiger partial charge is 0.350 e. The summed E-state index contributed by atoms with van der Waals surface area (Å²) >= 11 is 0. The molecule has 1 aromatic carbocycles. The van der Waals surface area contributed by atoms with Gasteiger partial charge >= 0.3 is 0 Å². The van der Waals surface area contributed by atoms with Gasteiger partial charge in [-0.3, -0.25) is 4.79 Å². The Labute approximate surface area is 116 Å². The lowest BCUT2D eigenvalue weighted by Crippen LogP contribution is -2.29. The van der Waals surface area contributed by atoms with Crippen molar-refractivity contribution in [1.29, 1.82) is 0 Å². The van der Waals surface area contributed by atoms with Crippen LogP contribution in [0.1, 0.15) is 57.2 Å². The molecule has 0 aliphatic heterocycles. The topological polar surface area (TPSA) is 55.1 Å². The van der Waals surface area contributed by atoms with E-state index in [-0.39, 0.29) is 17.9 Å². The summed E-state index contributed by atoms with van der Waals surface area (Å²) in [7, 11) is 0. The Kier molecular flexibility index (Phi) is 6.03. The van der Waals surface area contributed by atoms with Gasteiger partial charge in [-0.25, -0.2) is 0 Å². The second-order valence-electron chi connectivity index (χ2n) is 5.66. The number of benzene rings is 1. The minimum Gasteiger partial charge on any atom is -0.350 e.